The molecule has 1 amide bonds. The van der Waals surface area contributed by atoms with Gasteiger partial charge in [0.2, 0.25) is 0 Å². The van der Waals surface area contributed by atoms with E-state index in [1.54, 1.807) is 20.8 Å². The number of alkyl carbamates (subject to hydrolysis) is 1. The molecule has 0 fully saturated rings. The van der Waals surface area contributed by atoms with Crippen molar-refractivity contribution in [1.29, 1.82) is 0 Å². The summed E-state index contributed by atoms with van der Waals surface area (Å²) in [6.07, 6.45) is -0.153. The minimum Gasteiger partial charge on any atom is -0.481 e. The Hall–Kier alpha value is -1.30. The molecule has 0 aliphatic heterocycles. The highest BCUT2D eigenvalue weighted by Gasteiger charge is 2.25. The van der Waals surface area contributed by atoms with Gasteiger partial charge < -0.3 is 20.9 Å². The summed E-state index contributed by atoms with van der Waals surface area (Å²) in [5.74, 6) is -0.688. The Balaban J connectivity index is 4.58. The lowest BCUT2D eigenvalue weighted by Crippen LogP contribution is -2.50. The first kappa shape index (κ1) is 17.7. The minimum atomic E-state index is -0.979. The summed E-state index contributed by atoms with van der Waals surface area (Å²) in [4.78, 5) is 22.4. The SMILES string of the molecule is CC(C)C[C@H](NC(=O)OC(C)(C)C)[C@H](N)CC(=O)O. The maximum Gasteiger partial charge on any atom is 0.407 e. The van der Waals surface area contributed by atoms with Crippen LogP contribution >= 0.6 is 0 Å². The van der Waals surface area contributed by atoms with Gasteiger partial charge in [-0.3, -0.25) is 4.79 Å². The van der Waals surface area contributed by atoms with E-state index in [9.17, 15) is 9.59 Å². The van der Waals surface area contributed by atoms with E-state index in [0.29, 0.717) is 12.3 Å². The first-order chi connectivity index (χ1) is 8.51. The van der Waals surface area contributed by atoms with E-state index in [0.717, 1.165) is 0 Å². The number of rotatable bonds is 6. The van der Waals surface area contributed by atoms with Crippen LogP contribution in [0.15, 0.2) is 0 Å². The van der Waals surface area contributed by atoms with Crippen molar-refractivity contribution in [2.45, 2.75) is 65.1 Å². The van der Waals surface area contributed by atoms with E-state index in [1.165, 1.54) is 0 Å². The number of nitrogens with two attached hydrogens (primary N) is 1. The zero-order chi connectivity index (χ0) is 15.2. The van der Waals surface area contributed by atoms with Gasteiger partial charge in [-0.05, 0) is 33.1 Å². The Morgan fingerprint density at radius 1 is 1.32 bits per heavy atom. The molecule has 0 aromatic heterocycles. The summed E-state index contributed by atoms with van der Waals surface area (Å²) >= 11 is 0. The number of aliphatic carboxylic acids is 1. The van der Waals surface area contributed by atoms with E-state index in [1.807, 2.05) is 13.8 Å². The second-order valence-electron chi connectivity index (χ2n) is 6.14. The predicted octanol–water partition coefficient (Wildman–Crippen LogP) is 1.73. The Morgan fingerprint density at radius 2 is 1.84 bits per heavy atom. The third-order valence-electron chi connectivity index (χ3n) is 2.35. The molecule has 0 radical (unpaired) electrons. The molecule has 0 bridgehead atoms. The van der Waals surface area contributed by atoms with Crippen LogP contribution in [0.3, 0.4) is 0 Å². The highest BCUT2D eigenvalue weighted by molar-refractivity contribution is 5.69. The zero-order valence-electron chi connectivity index (χ0n) is 12.4. The van der Waals surface area contributed by atoms with Gasteiger partial charge in [-0.15, -0.1) is 0 Å². The summed E-state index contributed by atoms with van der Waals surface area (Å²) in [5, 5.41) is 11.4. The third kappa shape index (κ3) is 9.30. The molecule has 0 heterocycles. The van der Waals surface area contributed by atoms with Crippen LogP contribution in [0.4, 0.5) is 4.79 Å². The van der Waals surface area contributed by atoms with Crippen molar-refractivity contribution >= 4 is 12.1 Å². The summed E-state index contributed by atoms with van der Waals surface area (Å²) in [5.41, 5.74) is 5.23. The van der Waals surface area contributed by atoms with Crippen molar-refractivity contribution in [3.05, 3.63) is 0 Å². The van der Waals surface area contributed by atoms with Gasteiger partial charge in [-0.25, -0.2) is 4.79 Å². The van der Waals surface area contributed by atoms with Crippen molar-refractivity contribution in [2.75, 3.05) is 0 Å². The van der Waals surface area contributed by atoms with E-state index in [-0.39, 0.29) is 6.42 Å². The molecule has 0 aromatic rings. The molecule has 0 aliphatic rings. The molecule has 0 unspecified atom stereocenters. The van der Waals surface area contributed by atoms with Crippen LogP contribution in [0.25, 0.3) is 0 Å². The van der Waals surface area contributed by atoms with Crippen LogP contribution in [-0.2, 0) is 9.53 Å². The van der Waals surface area contributed by atoms with E-state index >= 15 is 0 Å². The van der Waals surface area contributed by atoms with Crippen molar-refractivity contribution in [3.63, 3.8) is 0 Å². The first-order valence-electron chi connectivity index (χ1n) is 6.48. The number of hydrogen-bond acceptors (Lipinski definition) is 4. The van der Waals surface area contributed by atoms with Crippen LogP contribution in [0.2, 0.25) is 0 Å². The lowest BCUT2D eigenvalue weighted by Gasteiger charge is -2.27. The second kappa shape index (κ2) is 7.33. The molecule has 0 saturated heterocycles. The molecule has 0 saturated carbocycles. The van der Waals surface area contributed by atoms with Crippen LogP contribution in [0.5, 0.6) is 0 Å². The summed E-state index contributed by atoms with van der Waals surface area (Å²) in [6.45, 7) is 9.26. The van der Waals surface area contributed by atoms with E-state index < -0.39 is 29.7 Å². The molecule has 0 spiro atoms. The topological polar surface area (TPSA) is 102 Å². The Bertz CT molecular complexity index is 310. The van der Waals surface area contributed by atoms with Gasteiger partial charge in [0.1, 0.15) is 5.60 Å². The van der Waals surface area contributed by atoms with Gasteiger partial charge in [-0.1, -0.05) is 13.8 Å². The van der Waals surface area contributed by atoms with Crippen LogP contribution in [-0.4, -0.2) is 34.9 Å². The van der Waals surface area contributed by atoms with E-state index in [2.05, 4.69) is 5.32 Å². The fraction of sp³-hybridized carbons (Fsp3) is 0.846. The molecule has 4 N–H and O–H groups in total. The fourth-order valence-electron chi connectivity index (χ4n) is 1.65. The molecule has 2 atom stereocenters. The Labute approximate surface area is 114 Å². The monoisotopic (exact) mass is 274 g/mol. The van der Waals surface area contributed by atoms with Crippen molar-refractivity contribution in [1.82, 2.24) is 5.32 Å². The number of ether oxygens (including phenoxy) is 1. The average molecular weight is 274 g/mol. The van der Waals surface area contributed by atoms with Crippen LogP contribution in [0, 0.1) is 5.92 Å². The molecule has 6 heteroatoms. The largest absolute Gasteiger partial charge is 0.481 e. The molecular formula is C13H26N2O4. The quantitative estimate of drug-likeness (QED) is 0.684. The van der Waals surface area contributed by atoms with Gasteiger partial charge >= 0.3 is 12.1 Å². The number of carbonyl (C=O) groups excluding carboxylic acids is 1. The van der Waals surface area contributed by atoms with Crippen molar-refractivity contribution < 1.29 is 19.4 Å². The van der Waals surface area contributed by atoms with Gasteiger partial charge in [0.25, 0.3) is 0 Å². The molecule has 112 valence electrons. The highest BCUT2D eigenvalue weighted by Crippen LogP contribution is 2.12. The molecule has 0 aromatic carbocycles. The highest BCUT2D eigenvalue weighted by atomic mass is 16.6. The lowest BCUT2D eigenvalue weighted by atomic mass is 9.96. The molecule has 0 aliphatic carbocycles. The van der Waals surface area contributed by atoms with Crippen molar-refractivity contribution in [2.24, 2.45) is 11.7 Å². The third-order valence-corrected chi connectivity index (χ3v) is 2.35. The number of carboxylic acid groups (broad SMARTS) is 1. The maximum atomic E-state index is 11.7. The maximum absolute atomic E-state index is 11.7. The summed E-state index contributed by atoms with van der Waals surface area (Å²) in [7, 11) is 0. The molecule has 0 rings (SSSR count). The zero-order valence-corrected chi connectivity index (χ0v) is 12.4. The van der Waals surface area contributed by atoms with Crippen LogP contribution in [0.1, 0.15) is 47.5 Å². The molecule has 6 nitrogen and oxygen atoms in total. The number of carboxylic acids is 1. The number of carbonyl (C=O) groups is 2. The Morgan fingerprint density at radius 3 is 2.21 bits per heavy atom. The molecular weight excluding hydrogens is 248 g/mol. The standard InChI is InChI=1S/C13H26N2O4/c1-8(2)6-10(9(14)7-11(16)17)15-12(18)19-13(3,4)5/h8-10H,6-7,14H2,1-5H3,(H,15,18)(H,16,17)/t9-,10+/m1/s1. The normalized spacial score (nSPS) is 14.9. The minimum absolute atomic E-state index is 0.187. The first-order valence-corrected chi connectivity index (χ1v) is 6.48. The van der Waals surface area contributed by atoms with Crippen molar-refractivity contribution in [3.8, 4) is 0 Å². The van der Waals surface area contributed by atoms with Crippen LogP contribution < -0.4 is 11.1 Å². The summed E-state index contributed by atoms with van der Waals surface area (Å²) in [6, 6.07) is -1.04. The smallest absolute Gasteiger partial charge is 0.407 e. The fourth-order valence-corrected chi connectivity index (χ4v) is 1.65. The van der Waals surface area contributed by atoms with E-state index in [4.69, 9.17) is 15.6 Å². The number of nitrogens with one attached hydrogen (secondary N) is 1. The average Bonchev–Trinajstić information content (AvgIpc) is 2.11. The predicted molar refractivity (Wildman–Crippen MR) is 72.8 cm³/mol. The van der Waals surface area contributed by atoms with Gasteiger partial charge in [0, 0.05) is 12.1 Å². The summed E-state index contributed by atoms with van der Waals surface area (Å²) < 4.78 is 5.15. The lowest BCUT2D eigenvalue weighted by molar-refractivity contribution is -0.137. The number of hydrogen-bond donors (Lipinski definition) is 3. The number of amides is 1. The molecule has 19 heavy (non-hydrogen) atoms. The van der Waals surface area contributed by atoms with Gasteiger partial charge in [0.05, 0.1) is 6.42 Å². The second-order valence-corrected chi connectivity index (χ2v) is 6.14. The van der Waals surface area contributed by atoms with Gasteiger partial charge in [-0.2, -0.15) is 0 Å². The van der Waals surface area contributed by atoms with Gasteiger partial charge in [0.15, 0.2) is 0 Å². The Kier molecular flexibility index (Phi) is 6.83.